The first kappa shape index (κ1) is 13.8. The van der Waals surface area contributed by atoms with E-state index in [2.05, 4.69) is 31.2 Å². The number of thioether (sulfide) groups is 1. The average Bonchev–Trinajstić information content (AvgIpc) is 2.41. The Balaban J connectivity index is 2.25. The molecule has 1 aromatic carbocycles. The van der Waals surface area contributed by atoms with Crippen LogP contribution in [-0.2, 0) is 0 Å². The summed E-state index contributed by atoms with van der Waals surface area (Å²) in [6.45, 7) is 0. The van der Waals surface area contributed by atoms with Crippen molar-refractivity contribution < 1.29 is 9.90 Å². The van der Waals surface area contributed by atoms with Crippen molar-refractivity contribution in [3.05, 3.63) is 40.6 Å². The van der Waals surface area contributed by atoms with Gasteiger partial charge in [-0.05, 0) is 40.4 Å². The highest BCUT2D eigenvalue weighted by molar-refractivity contribution is 9.10. The molecular formula is C12H10BrN3O2S. The van der Waals surface area contributed by atoms with E-state index in [1.807, 2.05) is 12.3 Å². The molecule has 0 fully saturated rings. The molecule has 1 aromatic heterocycles. The van der Waals surface area contributed by atoms with Gasteiger partial charge in [0.05, 0.1) is 11.3 Å². The fourth-order valence-electron chi connectivity index (χ4n) is 1.41. The number of nitrogens with zero attached hydrogens (tertiary/aromatic N) is 2. The predicted octanol–water partition coefficient (Wildman–Crippen LogP) is 3.40. The van der Waals surface area contributed by atoms with Crippen LogP contribution in [0.3, 0.4) is 0 Å². The number of nitrogens with one attached hydrogen (secondary N) is 1. The Morgan fingerprint density at radius 1 is 1.37 bits per heavy atom. The number of rotatable bonds is 4. The summed E-state index contributed by atoms with van der Waals surface area (Å²) in [6, 6.07) is 6.59. The van der Waals surface area contributed by atoms with E-state index in [1.165, 1.54) is 24.2 Å². The number of aromatic nitrogens is 2. The third-order valence-corrected chi connectivity index (χ3v) is 3.63. The van der Waals surface area contributed by atoms with Gasteiger partial charge in [0.2, 0.25) is 0 Å². The van der Waals surface area contributed by atoms with E-state index in [0.717, 1.165) is 10.7 Å². The lowest BCUT2D eigenvalue weighted by Crippen LogP contribution is -1.99. The average molecular weight is 340 g/mol. The molecule has 2 rings (SSSR count). The topological polar surface area (TPSA) is 75.1 Å². The quantitative estimate of drug-likeness (QED) is 0.656. The molecule has 5 nitrogen and oxygen atoms in total. The van der Waals surface area contributed by atoms with Gasteiger partial charge in [0.15, 0.2) is 0 Å². The Bertz CT molecular complexity index is 622. The van der Waals surface area contributed by atoms with Gasteiger partial charge in [-0.1, -0.05) is 0 Å². The lowest BCUT2D eigenvalue weighted by atomic mass is 10.2. The minimum atomic E-state index is -0.959. The maximum Gasteiger partial charge on any atom is 0.335 e. The van der Waals surface area contributed by atoms with Crippen molar-refractivity contribution in [1.82, 2.24) is 9.97 Å². The highest BCUT2D eigenvalue weighted by atomic mass is 79.9. The zero-order valence-corrected chi connectivity index (χ0v) is 12.3. The number of anilines is 2. The van der Waals surface area contributed by atoms with Crippen molar-refractivity contribution in [2.75, 3.05) is 11.6 Å². The van der Waals surface area contributed by atoms with Crippen LogP contribution in [0.5, 0.6) is 0 Å². The predicted molar refractivity (Wildman–Crippen MR) is 78.2 cm³/mol. The zero-order valence-electron chi connectivity index (χ0n) is 9.92. The summed E-state index contributed by atoms with van der Waals surface area (Å²) in [7, 11) is 0. The normalized spacial score (nSPS) is 10.2. The Morgan fingerprint density at radius 3 is 2.79 bits per heavy atom. The molecule has 19 heavy (non-hydrogen) atoms. The Hall–Kier alpha value is -1.60. The van der Waals surface area contributed by atoms with Crippen LogP contribution in [0.25, 0.3) is 0 Å². The summed E-state index contributed by atoms with van der Waals surface area (Å²) in [5.74, 6) is -0.304. The van der Waals surface area contributed by atoms with E-state index >= 15 is 0 Å². The second-order valence-electron chi connectivity index (χ2n) is 3.57. The van der Waals surface area contributed by atoms with Gasteiger partial charge in [-0.2, -0.15) is 0 Å². The molecule has 0 aliphatic carbocycles. The zero-order chi connectivity index (χ0) is 13.8. The van der Waals surface area contributed by atoms with Crippen LogP contribution >= 0.6 is 27.7 Å². The largest absolute Gasteiger partial charge is 0.478 e. The van der Waals surface area contributed by atoms with Crippen LogP contribution in [0.2, 0.25) is 0 Å². The molecule has 0 amide bonds. The van der Waals surface area contributed by atoms with Crippen molar-refractivity contribution in [3.63, 3.8) is 0 Å². The summed E-state index contributed by atoms with van der Waals surface area (Å²) in [5.41, 5.74) is 0.973. The standard InChI is InChI=1S/C12H10BrN3O2S/c1-19-11-5-10(14-6-15-11)16-9-3-2-7(12(17)18)4-8(9)13/h2-6H,1H3,(H,17,18)(H,14,15,16). The minimum absolute atomic E-state index is 0.227. The SMILES string of the molecule is CSc1cc(Nc2ccc(C(=O)O)cc2Br)ncn1. The number of carboxylic acid groups (broad SMARTS) is 1. The molecule has 0 aliphatic heterocycles. The maximum atomic E-state index is 10.8. The van der Waals surface area contributed by atoms with Gasteiger partial charge in [0, 0.05) is 10.5 Å². The third kappa shape index (κ3) is 3.45. The van der Waals surface area contributed by atoms with Gasteiger partial charge in [-0.3, -0.25) is 0 Å². The molecule has 2 aromatic rings. The Labute approximate surface area is 122 Å². The van der Waals surface area contributed by atoms with Gasteiger partial charge in [0.1, 0.15) is 17.2 Å². The van der Waals surface area contributed by atoms with Gasteiger partial charge in [-0.15, -0.1) is 11.8 Å². The molecule has 0 radical (unpaired) electrons. The van der Waals surface area contributed by atoms with Crippen molar-refractivity contribution in [3.8, 4) is 0 Å². The van der Waals surface area contributed by atoms with Gasteiger partial charge in [0.25, 0.3) is 0 Å². The van der Waals surface area contributed by atoms with Crippen LogP contribution in [0.4, 0.5) is 11.5 Å². The Kier molecular flexibility index (Phi) is 4.39. The molecule has 0 aliphatic rings. The summed E-state index contributed by atoms with van der Waals surface area (Å²) in [4.78, 5) is 19.0. The van der Waals surface area contributed by atoms with E-state index in [9.17, 15) is 4.79 Å². The fraction of sp³-hybridized carbons (Fsp3) is 0.0833. The van der Waals surface area contributed by atoms with Crippen molar-refractivity contribution in [2.45, 2.75) is 5.03 Å². The highest BCUT2D eigenvalue weighted by Crippen LogP contribution is 2.27. The first-order valence-corrected chi connectivity index (χ1v) is 7.28. The number of hydrogen-bond acceptors (Lipinski definition) is 5. The molecule has 0 saturated carbocycles. The number of benzene rings is 1. The number of carboxylic acids is 1. The molecule has 98 valence electrons. The summed E-state index contributed by atoms with van der Waals surface area (Å²) in [6.07, 6.45) is 3.41. The van der Waals surface area contributed by atoms with Crippen LogP contribution < -0.4 is 5.32 Å². The van der Waals surface area contributed by atoms with E-state index in [-0.39, 0.29) is 5.56 Å². The summed E-state index contributed by atoms with van der Waals surface area (Å²) < 4.78 is 0.664. The first-order valence-electron chi connectivity index (χ1n) is 5.26. The molecule has 0 bridgehead atoms. The lowest BCUT2D eigenvalue weighted by molar-refractivity contribution is 0.0697. The van der Waals surface area contributed by atoms with E-state index in [0.29, 0.717) is 10.3 Å². The lowest BCUT2D eigenvalue weighted by Gasteiger charge is -2.08. The highest BCUT2D eigenvalue weighted by Gasteiger charge is 2.07. The molecular weight excluding hydrogens is 330 g/mol. The Morgan fingerprint density at radius 2 is 2.16 bits per heavy atom. The van der Waals surface area contributed by atoms with E-state index in [4.69, 9.17) is 5.11 Å². The fourth-order valence-corrected chi connectivity index (χ4v) is 2.27. The van der Waals surface area contributed by atoms with Gasteiger partial charge >= 0.3 is 5.97 Å². The molecule has 2 N–H and O–H groups in total. The van der Waals surface area contributed by atoms with Crippen molar-refractivity contribution >= 4 is 45.2 Å². The van der Waals surface area contributed by atoms with Gasteiger partial charge in [-0.25, -0.2) is 14.8 Å². The molecule has 0 unspecified atom stereocenters. The first-order chi connectivity index (χ1) is 9.10. The monoisotopic (exact) mass is 339 g/mol. The number of carbonyl (C=O) groups is 1. The summed E-state index contributed by atoms with van der Waals surface area (Å²) >= 11 is 4.86. The molecule has 1 heterocycles. The molecule has 0 atom stereocenters. The van der Waals surface area contributed by atoms with Gasteiger partial charge < -0.3 is 10.4 Å². The van der Waals surface area contributed by atoms with Crippen LogP contribution in [0, 0.1) is 0 Å². The third-order valence-electron chi connectivity index (χ3n) is 2.33. The number of halogens is 1. The summed E-state index contributed by atoms with van der Waals surface area (Å²) in [5, 5.41) is 12.9. The smallest absolute Gasteiger partial charge is 0.335 e. The molecule has 7 heteroatoms. The molecule has 0 saturated heterocycles. The van der Waals surface area contributed by atoms with Crippen LogP contribution in [0.15, 0.2) is 40.1 Å². The second kappa shape index (κ2) is 6.03. The van der Waals surface area contributed by atoms with Crippen LogP contribution in [-0.4, -0.2) is 27.3 Å². The van der Waals surface area contributed by atoms with Crippen LogP contribution in [0.1, 0.15) is 10.4 Å². The van der Waals surface area contributed by atoms with E-state index < -0.39 is 5.97 Å². The van der Waals surface area contributed by atoms with Crippen molar-refractivity contribution in [1.29, 1.82) is 0 Å². The number of hydrogen-bond donors (Lipinski definition) is 2. The maximum absolute atomic E-state index is 10.8. The second-order valence-corrected chi connectivity index (χ2v) is 5.25. The number of aromatic carboxylic acids is 1. The van der Waals surface area contributed by atoms with Crippen molar-refractivity contribution in [2.24, 2.45) is 0 Å². The minimum Gasteiger partial charge on any atom is -0.478 e. The van der Waals surface area contributed by atoms with E-state index in [1.54, 1.807) is 12.1 Å². The molecule has 0 spiro atoms.